The summed E-state index contributed by atoms with van der Waals surface area (Å²) in [5.41, 5.74) is 0.509. The van der Waals surface area contributed by atoms with Gasteiger partial charge in [-0.05, 0) is 52.7 Å². The number of para-hydroxylation sites is 1. The van der Waals surface area contributed by atoms with Crippen molar-refractivity contribution in [2.24, 2.45) is 0 Å². The first-order valence-electron chi connectivity index (χ1n) is 10.2. The molecule has 3 heterocycles. The molecule has 0 aliphatic carbocycles. The molecule has 0 bridgehead atoms. The van der Waals surface area contributed by atoms with Gasteiger partial charge >= 0.3 is 5.69 Å². The fourth-order valence-corrected chi connectivity index (χ4v) is 5.58. The average Bonchev–Trinajstić information content (AvgIpc) is 2.65. The Morgan fingerprint density at radius 3 is 2.52 bits per heavy atom. The van der Waals surface area contributed by atoms with E-state index in [0.29, 0.717) is 5.03 Å². The van der Waals surface area contributed by atoms with Crippen LogP contribution in [0.1, 0.15) is 40.5 Å². The van der Waals surface area contributed by atoms with Crippen molar-refractivity contribution in [3.63, 3.8) is 0 Å². The smallest absolute Gasteiger partial charge is 0.343 e. The molecule has 1 aliphatic heterocycles. The van der Waals surface area contributed by atoms with E-state index in [1.165, 1.54) is 18.1 Å². The maximum absolute atomic E-state index is 12.0. The van der Waals surface area contributed by atoms with Crippen LogP contribution in [0.25, 0.3) is 10.9 Å². The molecular formula is C22H26N6O2S. The molecule has 0 saturated carbocycles. The van der Waals surface area contributed by atoms with Gasteiger partial charge in [0.1, 0.15) is 6.33 Å². The number of nitro groups is 1. The van der Waals surface area contributed by atoms with Crippen LogP contribution in [0, 0.1) is 10.1 Å². The molecule has 1 saturated heterocycles. The second-order valence-electron chi connectivity index (χ2n) is 9.21. The molecule has 0 spiro atoms. The van der Waals surface area contributed by atoms with Gasteiger partial charge in [-0.1, -0.05) is 30.0 Å². The van der Waals surface area contributed by atoms with Crippen LogP contribution >= 0.6 is 11.8 Å². The van der Waals surface area contributed by atoms with E-state index in [1.54, 1.807) is 6.20 Å². The number of aromatic nitrogens is 3. The Labute approximate surface area is 185 Å². The van der Waals surface area contributed by atoms with Gasteiger partial charge in [-0.25, -0.2) is 9.97 Å². The monoisotopic (exact) mass is 438 g/mol. The fourth-order valence-electron chi connectivity index (χ4n) is 4.59. The average molecular weight is 439 g/mol. The predicted octanol–water partition coefficient (Wildman–Crippen LogP) is 4.81. The summed E-state index contributed by atoms with van der Waals surface area (Å²) in [6.07, 6.45) is 4.75. The van der Waals surface area contributed by atoms with Gasteiger partial charge in [0, 0.05) is 33.6 Å². The molecule has 2 aromatic heterocycles. The summed E-state index contributed by atoms with van der Waals surface area (Å²) >= 11 is 1.24. The lowest BCUT2D eigenvalue weighted by Gasteiger charge is -2.46. The van der Waals surface area contributed by atoms with Gasteiger partial charge in [0.2, 0.25) is 5.82 Å². The molecule has 2 N–H and O–H groups in total. The van der Waals surface area contributed by atoms with E-state index in [4.69, 9.17) is 0 Å². The fraction of sp³-hybridized carbons (Fsp3) is 0.409. The summed E-state index contributed by atoms with van der Waals surface area (Å²) < 4.78 is 0. The number of nitrogens with zero attached hydrogens (tertiary/aromatic N) is 4. The molecule has 0 atom stereocenters. The van der Waals surface area contributed by atoms with E-state index >= 15 is 0 Å². The molecule has 9 heteroatoms. The highest BCUT2D eigenvalue weighted by molar-refractivity contribution is 7.99. The van der Waals surface area contributed by atoms with Gasteiger partial charge in [0.05, 0.1) is 10.4 Å². The predicted molar refractivity (Wildman–Crippen MR) is 122 cm³/mol. The number of pyridine rings is 1. The molecule has 1 aliphatic rings. The van der Waals surface area contributed by atoms with Gasteiger partial charge in [-0.15, -0.1) is 0 Å². The normalized spacial score (nSPS) is 18.1. The van der Waals surface area contributed by atoms with E-state index in [9.17, 15) is 10.1 Å². The minimum Gasteiger partial charge on any atom is -0.361 e. The third-order valence-corrected chi connectivity index (χ3v) is 6.35. The highest BCUT2D eigenvalue weighted by atomic mass is 32.2. The number of nitrogens with one attached hydrogen (secondary N) is 2. The minimum atomic E-state index is -0.402. The molecule has 3 aromatic rings. The highest BCUT2D eigenvalue weighted by Crippen LogP contribution is 2.40. The van der Waals surface area contributed by atoms with Crippen molar-refractivity contribution in [3.05, 3.63) is 53.0 Å². The van der Waals surface area contributed by atoms with E-state index in [0.717, 1.165) is 28.6 Å². The van der Waals surface area contributed by atoms with Crippen molar-refractivity contribution < 1.29 is 4.92 Å². The zero-order valence-electron chi connectivity index (χ0n) is 18.0. The lowest BCUT2D eigenvalue weighted by atomic mass is 9.79. The van der Waals surface area contributed by atoms with E-state index < -0.39 is 4.92 Å². The standard InChI is InChI=1S/C22H26N6O2S/c1-21(2)11-15(12-22(3,4)27-21)26-19-18(28(29)30)20(25-13-24-19)31-16-9-5-7-14-8-6-10-23-17(14)16/h5-10,13,15,27H,11-12H2,1-4H3,(H,24,25,26). The summed E-state index contributed by atoms with van der Waals surface area (Å²) in [4.78, 5) is 25.4. The Morgan fingerprint density at radius 2 is 1.81 bits per heavy atom. The van der Waals surface area contributed by atoms with Crippen molar-refractivity contribution >= 4 is 34.2 Å². The number of piperidine rings is 1. The van der Waals surface area contributed by atoms with Gasteiger partial charge in [-0.3, -0.25) is 15.1 Å². The summed E-state index contributed by atoms with van der Waals surface area (Å²) in [6, 6.07) is 9.67. The van der Waals surface area contributed by atoms with Crippen molar-refractivity contribution in [2.45, 2.75) is 67.6 Å². The topological polar surface area (TPSA) is 106 Å². The van der Waals surface area contributed by atoms with Gasteiger partial charge in [0.25, 0.3) is 0 Å². The third kappa shape index (κ3) is 4.77. The third-order valence-electron chi connectivity index (χ3n) is 5.30. The van der Waals surface area contributed by atoms with Crippen LogP contribution < -0.4 is 10.6 Å². The largest absolute Gasteiger partial charge is 0.361 e. The Bertz CT molecular complexity index is 1110. The molecule has 8 nitrogen and oxygen atoms in total. The van der Waals surface area contributed by atoms with Crippen LogP contribution in [0.2, 0.25) is 0 Å². The van der Waals surface area contributed by atoms with Crippen LogP contribution in [-0.4, -0.2) is 37.0 Å². The molecule has 31 heavy (non-hydrogen) atoms. The van der Waals surface area contributed by atoms with E-state index in [-0.39, 0.29) is 28.6 Å². The van der Waals surface area contributed by atoms with Crippen molar-refractivity contribution in [1.29, 1.82) is 0 Å². The first kappa shape index (κ1) is 21.5. The molecular weight excluding hydrogens is 412 g/mol. The number of anilines is 1. The molecule has 0 amide bonds. The summed E-state index contributed by atoms with van der Waals surface area (Å²) in [6.45, 7) is 8.58. The minimum absolute atomic E-state index is 0.0527. The van der Waals surface area contributed by atoms with Gasteiger partial charge in [-0.2, -0.15) is 0 Å². The number of hydrogen-bond acceptors (Lipinski definition) is 8. The highest BCUT2D eigenvalue weighted by Gasteiger charge is 2.38. The summed E-state index contributed by atoms with van der Waals surface area (Å²) in [5, 5.41) is 20.3. The zero-order valence-corrected chi connectivity index (χ0v) is 18.9. The van der Waals surface area contributed by atoms with Crippen molar-refractivity contribution in [2.75, 3.05) is 5.32 Å². The zero-order chi connectivity index (χ0) is 22.2. The lowest BCUT2D eigenvalue weighted by molar-refractivity contribution is -0.387. The van der Waals surface area contributed by atoms with Gasteiger partial charge in [0.15, 0.2) is 5.03 Å². The quantitative estimate of drug-likeness (QED) is 0.332. The van der Waals surface area contributed by atoms with E-state index in [1.807, 2.05) is 30.3 Å². The van der Waals surface area contributed by atoms with Gasteiger partial charge < -0.3 is 10.6 Å². The Hall–Kier alpha value is -2.78. The van der Waals surface area contributed by atoms with Crippen molar-refractivity contribution in [1.82, 2.24) is 20.3 Å². The maximum Gasteiger partial charge on any atom is 0.343 e. The van der Waals surface area contributed by atoms with Crippen LogP contribution in [0.15, 0.2) is 52.8 Å². The Morgan fingerprint density at radius 1 is 1.10 bits per heavy atom. The van der Waals surface area contributed by atoms with Crippen LogP contribution in [-0.2, 0) is 0 Å². The Balaban J connectivity index is 1.68. The second kappa shape index (κ2) is 8.05. The Kier molecular flexibility index (Phi) is 5.57. The molecule has 162 valence electrons. The summed E-state index contributed by atoms with van der Waals surface area (Å²) in [7, 11) is 0. The molecule has 4 rings (SSSR count). The lowest BCUT2D eigenvalue weighted by Crippen LogP contribution is -2.60. The van der Waals surface area contributed by atoms with Crippen LogP contribution in [0.3, 0.4) is 0 Å². The second-order valence-corrected chi connectivity index (χ2v) is 10.2. The number of hydrogen-bond donors (Lipinski definition) is 2. The van der Waals surface area contributed by atoms with E-state index in [2.05, 4.69) is 53.3 Å². The molecule has 1 fully saturated rings. The molecule has 0 radical (unpaired) electrons. The maximum atomic E-state index is 12.0. The first-order valence-corrected chi connectivity index (χ1v) is 11.0. The van der Waals surface area contributed by atoms with Crippen LogP contribution in [0.4, 0.5) is 11.5 Å². The SMILES string of the molecule is CC1(C)CC(Nc2ncnc(Sc3cccc4cccnc34)c2[N+](=O)[O-])CC(C)(C)N1. The summed E-state index contributed by atoms with van der Waals surface area (Å²) in [5.74, 6) is 0.259. The first-order chi connectivity index (χ1) is 14.6. The van der Waals surface area contributed by atoms with Crippen LogP contribution in [0.5, 0.6) is 0 Å². The molecule has 0 unspecified atom stereocenters. The van der Waals surface area contributed by atoms with Crippen molar-refractivity contribution in [3.8, 4) is 0 Å². The number of fused-ring (bicyclic) bond motifs is 1. The number of benzene rings is 1. The molecule has 1 aromatic carbocycles. The number of rotatable bonds is 5.